The zero-order valence-electron chi connectivity index (χ0n) is 24.5. The van der Waals surface area contributed by atoms with E-state index in [1.165, 1.54) is 35.6 Å². The molecule has 2 aliphatic heterocycles. The third-order valence-corrected chi connectivity index (χ3v) is 11.0. The van der Waals surface area contributed by atoms with Gasteiger partial charge in [0.1, 0.15) is 0 Å². The maximum atomic E-state index is 13.9. The normalized spacial score (nSPS) is 24.6. The van der Waals surface area contributed by atoms with Gasteiger partial charge in [0, 0.05) is 74.1 Å². The summed E-state index contributed by atoms with van der Waals surface area (Å²) in [5.74, 6) is 0.275. The monoisotopic (exact) mass is 561 g/mol. The fraction of sp³-hybridized carbons (Fsp3) is 0.594. The van der Waals surface area contributed by atoms with E-state index in [0.29, 0.717) is 37.6 Å². The predicted molar refractivity (Wildman–Crippen MR) is 161 cm³/mol. The van der Waals surface area contributed by atoms with Gasteiger partial charge in [0.2, 0.25) is 0 Å². The first-order chi connectivity index (χ1) is 19.3. The number of anilines is 1. The van der Waals surface area contributed by atoms with Gasteiger partial charge in [-0.3, -0.25) is 19.2 Å². The fourth-order valence-electron chi connectivity index (χ4n) is 7.38. The predicted octanol–water partition coefficient (Wildman–Crippen LogP) is 5.57. The summed E-state index contributed by atoms with van der Waals surface area (Å²) in [4.78, 5) is 35.2. The van der Waals surface area contributed by atoms with E-state index in [9.17, 15) is 9.59 Å². The van der Waals surface area contributed by atoms with Crippen LogP contribution in [0.4, 0.5) is 5.00 Å². The molecule has 0 unspecified atom stereocenters. The highest BCUT2D eigenvalue weighted by atomic mass is 32.1. The van der Waals surface area contributed by atoms with Crippen molar-refractivity contribution >= 4 is 28.0 Å². The van der Waals surface area contributed by atoms with E-state index in [4.69, 9.17) is 0 Å². The zero-order valence-corrected chi connectivity index (χ0v) is 25.3. The smallest absolute Gasteiger partial charge is 0.255 e. The van der Waals surface area contributed by atoms with Crippen molar-refractivity contribution in [3.8, 4) is 0 Å². The molecule has 0 spiro atoms. The minimum absolute atomic E-state index is 0.108. The second kappa shape index (κ2) is 11.3. The van der Waals surface area contributed by atoms with Gasteiger partial charge in [-0.25, -0.2) is 0 Å². The summed E-state index contributed by atoms with van der Waals surface area (Å²) in [5, 5.41) is 5.71. The van der Waals surface area contributed by atoms with Gasteiger partial charge in [0.25, 0.3) is 5.91 Å². The number of carbonyl (C=O) groups excluding carboxylic acids is 2. The molecule has 6 rings (SSSR count). The number of ketones is 1. The number of aryl methyl sites for hydroxylation is 1. The standard InChI is InChI=1S/C32H43N5O2S/c1-5-36(25-11-9-24(10-12-25)35-18-26(19-35)37-15-7-13-33-37)32-23(4)30-29(40-32)8-6-14-34(31(30)39)20-27-22(3)16-21(2)17-28(27)38/h7,13,15-16,24-26H,5-6,8-12,14,17-20H2,1-4H3. The van der Waals surface area contributed by atoms with Crippen LogP contribution in [0.2, 0.25) is 0 Å². The number of likely N-dealkylation sites (tertiary alicyclic amines) is 1. The second-order valence-corrected chi connectivity index (χ2v) is 13.3. The molecule has 1 amide bonds. The summed E-state index contributed by atoms with van der Waals surface area (Å²) in [5.41, 5.74) is 4.97. The Morgan fingerprint density at radius 3 is 2.52 bits per heavy atom. The number of hydrogen-bond acceptors (Lipinski definition) is 6. The van der Waals surface area contributed by atoms with Gasteiger partial charge in [-0.1, -0.05) is 11.6 Å². The molecule has 8 heteroatoms. The third kappa shape index (κ3) is 5.09. The highest BCUT2D eigenvalue weighted by Gasteiger charge is 2.38. The summed E-state index contributed by atoms with van der Waals surface area (Å²) in [7, 11) is 0. The van der Waals surface area contributed by atoms with Crippen LogP contribution in [0.15, 0.2) is 41.3 Å². The molecule has 214 valence electrons. The van der Waals surface area contributed by atoms with Crippen LogP contribution in [0.1, 0.15) is 86.1 Å². The summed E-state index contributed by atoms with van der Waals surface area (Å²) >= 11 is 1.85. The highest BCUT2D eigenvalue weighted by molar-refractivity contribution is 7.16. The number of aromatic nitrogens is 2. The van der Waals surface area contributed by atoms with Gasteiger partial charge in [0.05, 0.1) is 16.6 Å². The Morgan fingerprint density at radius 1 is 1.07 bits per heavy atom. The van der Waals surface area contributed by atoms with E-state index in [1.54, 1.807) is 0 Å². The van der Waals surface area contributed by atoms with Crippen molar-refractivity contribution in [1.29, 1.82) is 0 Å². The number of Topliss-reactive ketones (excluding diaryl/α,β-unsaturated/α-hetero) is 1. The first-order valence-corrected chi connectivity index (χ1v) is 16.0. The minimum Gasteiger partial charge on any atom is -0.361 e. The van der Waals surface area contributed by atoms with Crippen LogP contribution >= 0.6 is 11.3 Å². The van der Waals surface area contributed by atoms with Crippen molar-refractivity contribution in [3.05, 3.63) is 57.3 Å². The molecule has 0 atom stereocenters. The summed E-state index contributed by atoms with van der Waals surface area (Å²) in [6.07, 6.45) is 13.3. The van der Waals surface area contributed by atoms with Crippen molar-refractivity contribution in [2.75, 3.05) is 37.6 Å². The molecule has 1 saturated heterocycles. The number of hydrogen-bond donors (Lipinski definition) is 0. The number of carbonyl (C=O) groups is 2. The number of fused-ring (bicyclic) bond motifs is 1. The minimum atomic E-state index is 0.108. The average molecular weight is 562 g/mol. The summed E-state index contributed by atoms with van der Waals surface area (Å²) < 4.78 is 2.11. The number of rotatable bonds is 7. The first kappa shape index (κ1) is 27.5. The van der Waals surface area contributed by atoms with E-state index < -0.39 is 0 Å². The van der Waals surface area contributed by atoms with Gasteiger partial charge < -0.3 is 9.80 Å². The van der Waals surface area contributed by atoms with Crippen LogP contribution in [-0.4, -0.2) is 76.1 Å². The Bertz CT molecular complexity index is 1330. The maximum absolute atomic E-state index is 13.9. The average Bonchev–Trinajstić information content (AvgIpc) is 3.50. The number of allylic oxidation sites excluding steroid dienone is 3. The number of amides is 1. The Balaban J connectivity index is 1.13. The molecule has 2 fully saturated rings. The summed E-state index contributed by atoms with van der Waals surface area (Å²) in [6.45, 7) is 12.7. The lowest BCUT2D eigenvalue weighted by molar-refractivity contribution is -0.115. The van der Waals surface area contributed by atoms with Gasteiger partial charge in [-0.2, -0.15) is 5.10 Å². The van der Waals surface area contributed by atoms with Crippen molar-refractivity contribution < 1.29 is 9.59 Å². The van der Waals surface area contributed by atoms with Crippen molar-refractivity contribution in [2.24, 2.45) is 0 Å². The SMILES string of the molecule is CCN(c1sc2c(c1C)C(=O)N(CC1=C(C)C=C(C)CC1=O)CCC2)C1CCC(N2CC(n3cccn3)C2)CC1. The zero-order chi connectivity index (χ0) is 28.0. The van der Waals surface area contributed by atoms with E-state index in [-0.39, 0.29) is 11.7 Å². The Labute approximate surface area is 242 Å². The second-order valence-electron chi connectivity index (χ2n) is 12.3. The largest absolute Gasteiger partial charge is 0.361 e. The van der Waals surface area contributed by atoms with Gasteiger partial charge >= 0.3 is 0 Å². The van der Waals surface area contributed by atoms with E-state index >= 15 is 0 Å². The van der Waals surface area contributed by atoms with E-state index in [2.05, 4.69) is 45.7 Å². The lowest BCUT2D eigenvalue weighted by Gasteiger charge is -2.47. The van der Waals surface area contributed by atoms with Crippen LogP contribution in [0.5, 0.6) is 0 Å². The lowest BCUT2D eigenvalue weighted by atomic mass is 9.87. The highest BCUT2D eigenvalue weighted by Crippen LogP contribution is 2.42. The molecular formula is C32H43N5O2S. The molecular weight excluding hydrogens is 518 g/mol. The van der Waals surface area contributed by atoms with Crippen LogP contribution in [0, 0.1) is 6.92 Å². The molecule has 2 aromatic rings. The molecule has 4 heterocycles. The lowest BCUT2D eigenvalue weighted by Crippen LogP contribution is -2.54. The van der Waals surface area contributed by atoms with E-state index in [1.807, 2.05) is 42.3 Å². The van der Waals surface area contributed by atoms with Crippen molar-refractivity contribution in [3.63, 3.8) is 0 Å². The van der Waals surface area contributed by atoms with Gasteiger partial charge in [0.15, 0.2) is 5.78 Å². The molecule has 4 aliphatic rings. The van der Waals surface area contributed by atoms with Crippen molar-refractivity contribution in [2.45, 2.75) is 90.8 Å². The Kier molecular flexibility index (Phi) is 7.75. The topological polar surface area (TPSA) is 61.7 Å². The molecule has 0 radical (unpaired) electrons. The fourth-order valence-corrected chi connectivity index (χ4v) is 8.85. The first-order valence-electron chi connectivity index (χ1n) is 15.2. The molecule has 1 saturated carbocycles. The van der Waals surface area contributed by atoms with E-state index in [0.717, 1.165) is 60.3 Å². The molecule has 2 aliphatic carbocycles. The Morgan fingerprint density at radius 2 is 1.85 bits per heavy atom. The summed E-state index contributed by atoms with van der Waals surface area (Å²) in [6, 6.07) is 3.74. The van der Waals surface area contributed by atoms with Crippen molar-refractivity contribution in [1.82, 2.24) is 19.6 Å². The van der Waals surface area contributed by atoms with Crippen LogP contribution in [0.25, 0.3) is 0 Å². The van der Waals surface area contributed by atoms with Gasteiger partial charge in [-0.05, 0) is 83.4 Å². The molecule has 40 heavy (non-hydrogen) atoms. The molecule has 7 nitrogen and oxygen atoms in total. The molecule has 0 N–H and O–H groups in total. The number of nitrogens with zero attached hydrogens (tertiary/aromatic N) is 5. The molecule has 0 bridgehead atoms. The van der Waals surface area contributed by atoms with Crippen LogP contribution in [-0.2, 0) is 11.2 Å². The maximum Gasteiger partial charge on any atom is 0.255 e. The van der Waals surface area contributed by atoms with Crippen LogP contribution < -0.4 is 4.90 Å². The molecule has 2 aromatic heterocycles. The number of thiophene rings is 1. The third-order valence-electron chi connectivity index (χ3n) is 9.61. The Hall–Kier alpha value is -2.71. The molecule has 0 aromatic carbocycles. The van der Waals surface area contributed by atoms with Crippen LogP contribution in [0.3, 0.4) is 0 Å². The quantitative estimate of drug-likeness (QED) is 0.442. The van der Waals surface area contributed by atoms with Gasteiger partial charge in [-0.15, -0.1) is 11.3 Å².